The molecule has 3 nitrogen and oxygen atoms in total. The lowest BCUT2D eigenvalue weighted by atomic mass is 9.79. The molecule has 0 amide bonds. The Kier molecular flexibility index (Phi) is 3.91. The Morgan fingerprint density at radius 2 is 1.75 bits per heavy atom. The van der Waals surface area contributed by atoms with E-state index in [1.165, 1.54) is 0 Å². The van der Waals surface area contributed by atoms with Crippen LogP contribution in [-0.4, -0.2) is 41.0 Å². The van der Waals surface area contributed by atoms with Crippen LogP contribution in [0.25, 0.3) is 0 Å². The number of esters is 1. The van der Waals surface area contributed by atoms with Gasteiger partial charge < -0.3 is 4.74 Å². The van der Waals surface area contributed by atoms with Gasteiger partial charge in [0.1, 0.15) is 12.0 Å². The third-order valence-corrected chi connectivity index (χ3v) is 3.90. The molecule has 0 saturated carbocycles. The number of ether oxygens (including phenoxy) is 1. The second-order valence-electron chi connectivity index (χ2n) is 5.84. The second-order valence-corrected chi connectivity index (χ2v) is 6.10. The van der Waals surface area contributed by atoms with E-state index >= 15 is 0 Å². The normalized spacial score (nSPS) is 25.4. The average Bonchev–Trinajstić information content (AvgIpc) is 2.13. The van der Waals surface area contributed by atoms with E-state index in [4.69, 9.17) is 16.3 Å². The van der Waals surface area contributed by atoms with Crippen molar-refractivity contribution in [2.45, 2.75) is 57.7 Å². The third kappa shape index (κ3) is 2.89. The summed E-state index contributed by atoms with van der Waals surface area (Å²) >= 11 is 5.46. The van der Waals surface area contributed by atoms with Gasteiger partial charge in [-0.3, -0.25) is 9.69 Å². The molecule has 1 aliphatic rings. The molecule has 0 bridgehead atoms. The number of alkyl halides is 1. The van der Waals surface area contributed by atoms with Gasteiger partial charge in [-0.2, -0.15) is 0 Å². The first-order valence-corrected chi connectivity index (χ1v) is 6.22. The fourth-order valence-electron chi connectivity index (χ4n) is 2.58. The molecule has 1 heterocycles. The van der Waals surface area contributed by atoms with E-state index in [0.29, 0.717) is 0 Å². The molecule has 0 aromatic heterocycles. The monoisotopic (exact) mass is 247 g/mol. The maximum Gasteiger partial charge on any atom is 0.321 e. The van der Waals surface area contributed by atoms with Crippen molar-refractivity contribution in [1.29, 1.82) is 0 Å². The van der Waals surface area contributed by atoms with Crippen molar-refractivity contribution in [2.24, 2.45) is 0 Å². The van der Waals surface area contributed by atoms with Crippen LogP contribution in [0.1, 0.15) is 40.5 Å². The molecule has 1 fully saturated rings. The van der Waals surface area contributed by atoms with Crippen LogP contribution < -0.4 is 0 Å². The van der Waals surface area contributed by atoms with Crippen LogP contribution in [0.15, 0.2) is 0 Å². The van der Waals surface area contributed by atoms with Crippen LogP contribution in [0.5, 0.6) is 0 Å². The lowest BCUT2D eigenvalue weighted by molar-refractivity contribution is -0.155. The van der Waals surface area contributed by atoms with Gasteiger partial charge in [0, 0.05) is 23.9 Å². The van der Waals surface area contributed by atoms with E-state index in [9.17, 15) is 4.79 Å². The van der Waals surface area contributed by atoms with Gasteiger partial charge in [-0.15, -0.1) is 11.6 Å². The molecule has 0 aromatic rings. The van der Waals surface area contributed by atoms with Crippen LogP contribution in [0.3, 0.4) is 0 Å². The number of hydrogen-bond acceptors (Lipinski definition) is 3. The summed E-state index contributed by atoms with van der Waals surface area (Å²) in [6, 6.07) is 0. The number of likely N-dealkylation sites (tertiary alicyclic amines) is 1. The summed E-state index contributed by atoms with van der Waals surface area (Å²) in [7, 11) is 2.12. The Bertz CT molecular complexity index is 258. The lowest BCUT2D eigenvalue weighted by Gasteiger charge is -2.53. The third-order valence-electron chi connectivity index (χ3n) is 3.68. The summed E-state index contributed by atoms with van der Waals surface area (Å²) in [5.41, 5.74) is 0.0814. The van der Waals surface area contributed by atoms with Crippen molar-refractivity contribution in [3.63, 3.8) is 0 Å². The summed E-state index contributed by atoms with van der Waals surface area (Å²) in [5, 5.41) is 0. The zero-order chi connectivity index (χ0) is 12.6. The fraction of sp³-hybridized carbons (Fsp3) is 0.917. The van der Waals surface area contributed by atoms with Gasteiger partial charge in [0.25, 0.3) is 0 Å². The quantitative estimate of drug-likeness (QED) is 0.555. The van der Waals surface area contributed by atoms with Crippen LogP contribution in [0.4, 0.5) is 0 Å². The number of nitrogens with zero attached hydrogens (tertiary/aromatic N) is 1. The number of halogens is 1. The number of hydrogen-bond donors (Lipinski definition) is 0. The summed E-state index contributed by atoms with van der Waals surface area (Å²) in [6.07, 6.45) is 1.69. The summed E-state index contributed by atoms with van der Waals surface area (Å²) in [6.45, 7) is 8.70. The second kappa shape index (κ2) is 4.53. The zero-order valence-electron chi connectivity index (χ0n) is 10.8. The lowest BCUT2D eigenvalue weighted by Crippen LogP contribution is -2.60. The first kappa shape index (κ1) is 13.8. The minimum Gasteiger partial charge on any atom is -0.461 e. The Morgan fingerprint density at radius 3 is 2.12 bits per heavy atom. The Labute approximate surface area is 103 Å². The predicted molar refractivity (Wildman–Crippen MR) is 65.8 cm³/mol. The molecular formula is C12H22ClNO2. The number of piperidine rings is 1. The molecule has 0 N–H and O–H groups in total. The van der Waals surface area contributed by atoms with E-state index in [2.05, 4.69) is 39.6 Å². The molecule has 0 aromatic carbocycles. The average molecular weight is 248 g/mol. The van der Waals surface area contributed by atoms with E-state index in [1.54, 1.807) is 0 Å². The van der Waals surface area contributed by atoms with Crippen molar-refractivity contribution in [3.05, 3.63) is 0 Å². The van der Waals surface area contributed by atoms with Crippen LogP contribution >= 0.6 is 11.6 Å². The summed E-state index contributed by atoms with van der Waals surface area (Å²) in [4.78, 5) is 13.6. The van der Waals surface area contributed by atoms with E-state index in [1.807, 2.05) is 0 Å². The highest BCUT2D eigenvalue weighted by molar-refractivity contribution is 6.26. The topological polar surface area (TPSA) is 29.5 Å². The summed E-state index contributed by atoms with van der Waals surface area (Å²) in [5.74, 6) is -0.379. The SMILES string of the molecule is CN1C(C)(C)CC(OC(=O)CCl)CC1(C)C. The minimum absolute atomic E-state index is 0.0209. The molecular weight excluding hydrogens is 226 g/mol. The van der Waals surface area contributed by atoms with Crippen molar-refractivity contribution in [3.8, 4) is 0 Å². The highest BCUT2D eigenvalue weighted by atomic mass is 35.5. The zero-order valence-corrected chi connectivity index (χ0v) is 11.6. The van der Waals surface area contributed by atoms with Crippen LogP contribution in [-0.2, 0) is 9.53 Å². The van der Waals surface area contributed by atoms with Crippen LogP contribution in [0, 0.1) is 0 Å². The van der Waals surface area contributed by atoms with Gasteiger partial charge in [0.2, 0.25) is 0 Å². The molecule has 1 rings (SSSR count). The molecule has 4 heteroatoms. The maximum absolute atomic E-state index is 11.2. The van der Waals surface area contributed by atoms with Gasteiger partial charge in [0.05, 0.1) is 0 Å². The number of carbonyl (C=O) groups is 1. The maximum atomic E-state index is 11.2. The van der Waals surface area contributed by atoms with Crippen LogP contribution in [0.2, 0.25) is 0 Å². The van der Waals surface area contributed by atoms with Crippen molar-refractivity contribution in [2.75, 3.05) is 12.9 Å². The molecule has 0 atom stereocenters. The highest BCUT2D eigenvalue weighted by Crippen LogP contribution is 2.38. The highest BCUT2D eigenvalue weighted by Gasteiger charge is 2.44. The van der Waals surface area contributed by atoms with E-state index in [0.717, 1.165) is 12.8 Å². The van der Waals surface area contributed by atoms with Gasteiger partial charge in [0.15, 0.2) is 0 Å². The van der Waals surface area contributed by atoms with Crippen molar-refractivity contribution in [1.82, 2.24) is 4.90 Å². The molecule has 0 aliphatic carbocycles. The first-order chi connectivity index (χ1) is 7.19. The molecule has 1 saturated heterocycles. The Balaban J connectivity index is 2.75. The Morgan fingerprint density at radius 1 is 1.31 bits per heavy atom. The molecule has 16 heavy (non-hydrogen) atoms. The van der Waals surface area contributed by atoms with Gasteiger partial charge >= 0.3 is 5.97 Å². The molecule has 0 spiro atoms. The number of carbonyl (C=O) groups excluding carboxylic acids is 1. The summed E-state index contributed by atoms with van der Waals surface area (Å²) < 4.78 is 5.36. The Hall–Kier alpha value is -0.280. The minimum atomic E-state index is -0.317. The fourth-order valence-corrected chi connectivity index (χ4v) is 2.64. The smallest absolute Gasteiger partial charge is 0.321 e. The predicted octanol–water partition coefficient (Wildman–Crippen LogP) is 2.42. The van der Waals surface area contributed by atoms with Crippen molar-refractivity contribution < 1.29 is 9.53 Å². The van der Waals surface area contributed by atoms with Gasteiger partial charge in [-0.25, -0.2) is 0 Å². The molecule has 0 radical (unpaired) electrons. The molecule has 0 unspecified atom stereocenters. The van der Waals surface area contributed by atoms with E-state index < -0.39 is 0 Å². The van der Waals surface area contributed by atoms with Gasteiger partial charge in [-0.05, 0) is 34.7 Å². The molecule has 1 aliphatic heterocycles. The first-order valence-electron chi connectivity index (χ1n) is 5.68. The largest absolute Gasteiger partial charge is 0.461 e. The molecule has 94 valence electrons. The standard InChI is InChI=1S/C12H22ClNO2/c1-11(2)6-9(16-10(15)8-13)7-12(3,4)14(11)5/h9H,6-8H2,1-5H3. The van der Waals surface area contributed by atoms with E-state index in [-0.39, 0.29) is 29.0 Å². The number of rotatable bonds is 2. The van der Waals surface area contributed by atoms with Gasteiger partial charge in [-0.1, -0.05) is 0 Å². The van der Waals surface area contributed by atoms with Crippen molar-refractivity contribution >= 4 is 17.6 Å².